The normalized spacial score (nSPS) is 11.2. The summed E-state index contributed by atoms with van der Waals surface area (Å²) in [4.78, 5) is 50.4. The Bertz CT molecular complexity index is 930. The number of hydrogen-bond donors (Lipinski definition) is 2. The van der Waals surface area contributed by atoms with Gasteiger partial charge in [-0.15, -0.1) is 0 Å². The van der Waals surface area contributed by atoms with Crippen LogP contribution in [0.3, 0.4) is 0 Å². The van der Waals surface area contributed by atoms with Crippen molar-refractivity contribution < 1.29 is 23.9 Å². The minimum atomic E-state index is -0.824. The smallest absolute Gasteiger partial charge is 0.339 e. The highest BCUT2D eigenvalue weighted by molar-refractivity contribution is 6.06. The van der Waals surface area contributed by atoms with Crippen LogP contribution in [0, 0.1) is 0 Å². The van der Waals surface area contributed by atoms with Gasteiger partial charge < -0.3 is 15.0 Å². The molecule has 1 atom stereocenters. The summed E-state index contributed by atoms with van der Waals surface area (Å²) in [5, 5.41) is 4.67. The predicted octanol–water partition coefficient (Wildman–Crippen LogP) is 2.74. The number of nitrogens with zero attached hydrogens (tertiary/aromatic N) is 1. The summed E-state index contributed by atoms with van der Waals surface area (Å²) >= 11 is 0. The summed E-state index contributed by atoms with van der Waals surface area (Å²) in [5.74, 6) is -1.94. The van der Waals surface area contributed by atoms with Crippen LogP contribution in [0.25, 0.3) is 0 Å². The van der Waals surface area contributed by atoms with Crippen LogP contribution < -0.4 is 10.6 Å². The molecular weight excluding hydrogens is 398 g/mol. The number of nitrogens with one attached hydrogen (secondary N) is 2. The molecule has 0 saturated heterocycles. The molecule has 164 valence electrons. The second-order valence-corrected chi connectivity index (χ2v) is 7.10. The van der Waals surface area contributed by atoms with E-state index in [1.54, 1.807) is 26.1 Å². The average molecular weight is 425 g/mol. The molecule has 0 aliphatic rings. The van der Waals surface area contributed by atoms with Crippen LogP contribution >= 0.6 is 0 Å². The van der Waals surface area contributed by atoms with Crippen molar-refractivity contribution >= 4 is 23.8 Å². The standard InChI is InChI=1S/C23H27N3O5/c1-4-16(2)24-23(30)25-20(27)15-31-22(29)19-13-9-8-12-18(19)21(28)26(3)14-17-10-6-5-7-11-17/h5-13,16H,4,14-15H2,1-3H3,(H2,24,25,27,30)/t16-/m1/s1. The summed E-state index contributed by atoms with van der Waals surface area (Å²) in [7, 11) is 1.64. The zero-order chi connectivity index (χ0) is 22.8. The molecule has 0 radical (unpaired) electrons. The molecule has 0 unspecified atom stereocenters. The van der Waals surface area contributed by atoms with Crippen LogP contribution in [0.2, 0.25) is 0 Å². The third-order valence-corrected chi connectivity index (χ3v) is 4.56. The molecule has 0 saturated carbocycles. The summed E-state index contributed by atoms with van der Waals surface area (Å²) < 4.78 is 5.01. The minimum Gasteiger partial charge on any atom is -0.452 e. The molecule has 0 heterocycles. The zero-order valence-electron chi connectivity index (χ0n) is 17.9. The highest BCUT2D eigenvalue weighted by Crippen LogP contribution is 2.14. The number of amides is 4. The topological polar surface area (TPSA) is 105 Å². The first-order valence-electron chi connectivity index (χ1n) is 9.97. The summed E-state index contributed by atoms with van der Waals surface area (Å²) in [6, 6.07) is 14.9. The molecule has 0 spiro atoms. The van der Waals surface area contributed by atoms with Crippen molar-refractivity contribution in [3.63, 3.8) is 0 Å². The molecule has 0 bridgehead atoms. The molecule has 2 rings (SSSR count). The Hall–Kier alpha value is -3.68. The first-order chi connectivity index (χ1) is 14.8. The van der Waals surface area contributed by atoms with Crippen LogP contribution in [-0.4, -0.2) is 48.4 Å². The molecule has 0 aromatic heterocycles. The molecule has 2 aromatic rings. The van der Waals surface area contributed by atoms with E-state index in [2.05, 4.69) is 10.6 Å². The third-order valence-electron chi connectivity index (χ3n) is 4.56. The Labute approximate surface area is 181 Å². The number of carbonyl (C=O) groups is 4. The van der Waals surface area contributed by atoms with Crippen molar-refractivity contribution in [2.45, 2.75) is 32.9 Å². The van der Waals surface area contributed by atoms with Crippen molar-refractivity contribution in [3.8, 4) is 0 Å². The lowest BCUT2D eigenvalue weighted by molar-refractivity contribution is -0.123. The van der Waals surface area contributed by atoms with Gasteiger partial charge in [-0.2, -0.15) is 0 Å². The van der Waals surface area contributed by atoms with Crippen molar-refractivity contribution in [2.24, 2.45) is 0 Å². The van der Waals surface area contributed by atoms with Gasteiger partial charge in [0.05, 0.1) is 11.1 Å². The van der Waals surface area contributed by atoms with Crippen LogP contribution in [0.15, 0.2) is 54.6 Å². The van der Waals surface area contributed by atoms with Crippen molar-refractivity contribution in [1.82, 2.24) is 15.5 Å². The number of imide groups is 1. The quantitative estimate of drug-likeness (QED) is 0.633. The van der Waals surface area contributed by atoms with Gasteiger partial charge in [-0.25, -0.2) is 9.59 Å². The van der Waals surface area contributed by atoms with Gasteiger partial charge in [0, 0.05) is 19.6 Å². The largest absolute Gasteiger partial charge is 0.452 e. The lowest BCUT2D eigenvalue weighted by atomic mass is 10.1. The molecule has 31 heavy (non-hydrogen) atoms. The fraction of sp³-hybridized carbons (Fsp3) is 0.304. The third kappa shape index (κ3) is 7.26. The Balaban J connectivity index is 1.98. The van der Waals surface area contributed by atoms with Crippen molar-refractivity contribution in [1.29, 1.82) is 0 Å². The second-order valence-electron chi connectivity index (χ2n) is 7.10. The van der Waals surface area contributed by atoms with Gasteiger partial charge in [0.25, 0.3) is 11.8 Å². The number of rotatable bonds is 8. The fourth-order valence-electron chi connectivity index (χ4n) is 2.72. The minimum absolute atomic E-state index is 0.0456. The second kappa shape index (κ2) is 11.5. The zero-order valence-corrected chi connectivity index (χ0v) is 17.9. The van der Waals surface area contributed by atoms with Crippen molar-refractivity contribution in [2.75, 3.05) is 13.7 Å². The molecule has 2 N–H and O–H groups in total. The highest BCUT2D eigenvalue weighted by atomic mass is 16.5. The van der Waals surface area contributed by atoms with Gasteiger partial charge in [0.1, 0.15) is 0 Å². The molecule has 2 aromatic carbocycles. The molecule has 8 heteroatoms. The molecule has 0 fully saturated rings. The Kier molecular flexibility index (Phi) is 8.75. The number of benzene rings is 2. The van der Waals surface area contributed by atoms with E-state index in [1.165, 1.54) is 17.0 Å². The lowest BCUT2D eigenvalue weighted by Crippen LogP contribution is -2.44. The number of esters is 1. The maximum atomic E-state index is 12.9. The van der Waals surface area contributed by atoms with Crippen LogP contribution in [0.4, 0.5) is 4.79 Å². The average Bonchev–Trinajstić information content (AvgIpc) is 2.77. The number of hydrogen-bond acceptors (Lipinski definition) is 5. The Morgan fingerprint density at radius 1 is 0.968 bits per heavy atom. The lowest BCUT2D eigenvalue weighted by Gasteiger charge is -2.19. The van der Waals surface area contributed by atoms with Crippen LogP contribution in [0.1, 0.15) is 46.5 Å². The molecule has 8 nitrogen and oxygen atoms in total. The Morgan fingerprint density at radius 2 is 1.58 bits per heavy atom. The van der Waals surface area contributed by atoms with Gasteiger partial charge in [0.15, 0.2) is 6.61 Å². The van der Waals surface area contributed by atoms with E-state index in [0.29, 0.717) is 13.0 Å². The van der Waals surface area contributed by atoms with E-state index in [1.807, 2.05) is 37.3 Å². The monoisotopic (exact) mass is 425 g/mol. The van der Waals surface area contributed by atoms with Gasteiger partial charge in [-0.1, -0.05) is 49.4 Å². The fourth-order valence-corrected chi connectivity index (χ4v) is 2.72. The molecule has 0 aliphatic carbocycles. The van der Waals surface area contributed by atoms with E-state index in [0.717, 1.165) is 5.56 Å². The van der Waals surface area contributed by atoms with Gasteiger partial charge in [-0.3, -0.25) is 14.9 Å². The van der Waals surface area contributed by atoms with Crippen LogP contribution in [0.5, 0.6) is 0 Å². The highest BCUT2D eigenvalue weighted by Gasteiger charge is 2.21. The SMILES string of the molecule is CC[C@@H](C)NC(=O)NC(=O)COC(=O)c1ccccc1C(=O)N(C)Cc1ccccc1. The number of urea groups is 1. The van der Waals surface area contributed by atoms with E-state index in [9.17, 15) is 19.2 Å². The van der Waals surface area contributed by atoms with Gasteiger partial charge in [0.2, 0.25) is 0 Å². The molecule has 4 amide bonds. The predicted molar refractivity (Wildman–Crippen MR) is 115 cm³/mol. The van der Waals surface area contributed by atoms with Crippen LogP contribution in [-0.2, 0) is 16.1 Å². The van der Waals surface area contributed by atoms with Gasteiger partial charge in [-0.05, 0) is 31.0 Å². The molecular formula is C23H27N3O5. The number of ether oxygens (including phenoxy) is 1. The summed E-state index contributed by atoms with van der Waals surface area (Å²) in [6.07, 6.45) is 0.708. The van der Waals surface area contributed by atoms with E-state index in [-0.39, 0.29) is 23.1 Å². The van der Waals surface area contributed by atoms with E-state index >= 15 is 0 Å². The van der Waals surface area contributed by atoms with E-state index in [4.69, 9.17) is 4.74 Å². The summed E-state index contributed by atoms with van der Waals surface area (Å²) in [5.41, 5.74) is 1.16. The number of carbonyl (C=O) groups excluding carboxylic acids is 4. The first kappa shape index (κ1) is 23.6. The van der Waals surface area contributed by atoms with Gasteiger partial charge >= 0.3 is 12.0 Å². The summed E-state index contributed by atoms with van der Waals surface area (Å²) in [6.45, 7) is 3.42. The van der Waals surface area contributed by atoms with Crippen molar-refractivity contribution in [3.05, 3.63) is 71.3 Å². The molecule has 0 aliphatic heterocycles. The first-order valence-corrected chi connectivity index (χ1v) is 9.97. The maximum Gasteiger partial charge on any atom is 0.339 e. The van der Waals surface area contributed by atoms with E-state index < -0.39 is 24.5 Å². The Morgan fingerprint density at radius 3 is 2.23 bits per heavy atom. The maximum absolute atomic E-state index is 12.9.